The van der Waals surface area contributed by atoms with Crippen LogP contribution in [0.2, 0.25) is 0 Å². The molecule has 38 heavy (non-hydrogen) atoms. The van der Waals surface area contributed by atoms with Gasteiger partial charge in [0.1, 0.15) is 35.3 Å². The van der Waals surface area contributed by atoms with Gasteiger partial charge in [0.25, 0.3) is 6.43 Å². The molecule has 4 N–H and O–H groups in total. The van der Waals surface area contributed by atoms with Gasteiger partial charge in [0.15, 0.2) is 0 Å². The molecule has 3 heterocycles. The number of hydrogen-bond donors (Lipinski definition) is 2. The van der Waals surface area contributed by atoms with Crippen molar-refractivity contribution in [2.24, 2.45) is 7.05 Å². The molecule has 0 aliphatic heterocycles. The fourth-order valence-electron chi connectivity index (χ4n) is 4.60. The van der Waals surface area contributed by atoms with Gasteiger partial charge in [0.2, 0.25) is 5.78 Å². The molecule has 0 amide bonds. The number of ketones is 1. The lowest BCUT2D eigenvalue weighted by atomic mass is 9.96. The van der Waals surface area contributed by atoms with Gasteiger partial charge in [-0.15, -0.1) is 0 Å². The topological polar surface area (TPSA) is 101 Å². The summed E-state index contributed by atoms with van der Waals surface area (Å²) in [6.07, 6.45) is -1.31. The Kier molecular flexibility index (Phi) is 6.55. The number of anilines is 2. The van der Waals surface area contributed by atoms with Crippen molar-refractivity contribution in [3.63, 3.8) is 0 Å². The Labute approximate surface area is 227 Å². The first-order valence-electron chi connectivity index (χ1n) is 11.2. The number of methoxy groups -OCH3 is 1. The number of aromatic nitrogens is 3. The monoisotopic (exact) mass is 637 g/mol. The number of carbonyl (C=O) groups is 1. The summed E-state index contributed by atoms with van der Waals surface area (Å²) in [5.74, 6) is -2.28. The molecule has 0 unspecified atom stereocenters. The number of nitrogens with two attached hydrogens (primary N) is 2. The summed E-state index contributed by atoms with van der Waals surface area (Å²) < 4.78 is 65.8. The molecule has 196 valence electrons. The van der Waals surface area contributed by atoms with Gasteiger partial charge < -0.3 is 25.2 Å². The smallest absolute Gasteiger partial charge is 0.264 e. The van der Waals surface area contributed by atoms with Crippen LogP contribution in [0.3, 0.4) is 0 Å². The number of halogens is 5. The Morgan fingerprint density at radius 3 is 2.45 bits per heavy atom. The van der Waals surface area contributed by atoms with Crippen LogP contribution in [0.4, 0.5) is 28.9 Å². The number of fused-ring (bicyclic) bond motifs is 2. The molecule has 0 spiro atoms. The highest BCUT2D eigenvalue weighted by atomic mass is 127. The van der Waals surface area contributed by atoms with Gasteiger partial charge in [-0.3, -0.25) is 4.79 Å². The summed E-state index contributed by atoms with van der Waals surface area (Å²) in [7, 11) is 3.19. The van der Waals surface area contributed by atoms with Crippen LogP contribution in [-0.2, 0) is 18.4 Å². The van der Waals surface area contributed by atoms with Crippen molar-refractivity contribution in [3.05, 3.63) is 80.4 Å². The minimum atomic E-state index is -2.87. The largest absolute Gasteiger partial charge is 0.396 e. The number of benzene rings is 2. The van der Waals surface area contributed by atoms with E-state index in [9.17, 15) is 22.4 Å². The van der Waals surface area contributed by atoms with Gasteiger partial charge in [-0.05, 0) is 52.9 Å². The van der Waals surface area contributed by atoms with Crippen LogP contribution < -0.4 is 11.5 Å². The third-order valence-corrected chi connectivity index (χ3v) is 7.25. The van der Waals surface area contributed by atoms with Crippen molar-refractivity contribution < 1.29 is 27.1 Å². The van der Waals surface area contributed by atoms with Crippen molar-refractivity contribution in [1.29, 1.82) is 0 Å². The second kappa shape index (κ2) is 9.58. The quantitative estimate of drug-likeness (QED) is 0.105. The molecule has 0 radical (unpaired) electrons. The molecule has 0 aliphatic carbocycles. The molecular weight excluding hydrogens is 617 g/mol. The fourth-order valence-corrected chi connectivity index (χ4v) is 5.44. The summed E-state index contributed by atoms with van der Waals surface area (Å²) in [6.45, 7) is 0.161. The number of ether oxygens (including phenoxy) is 1. The van der Waals surface area contributed by atoms with Crippen LogP contribution in [-0.4, -0.2) is 26.8 Å². The van der Waals surface area contributed by atoms with E-state index in [0.29, 0.717) is 31.5 Å². The summed E-state index contributed by atoms with van der Waals surface area (Å²) in [5, 5.41) is 0. The van der Waals surface area contributed by atoms with E-state index < -0.39 is 29.5 Å². The Morgan fingerprint density at radius 2 is 1.82 bits per heavy atom. The zero-order valence-electron chi connectivity index (χ0n) is 20.0. The minimum Gasteiger partial charge on any atom is -0.396 e. The fraction of sp³-hybridized carbons (Fsp3) is 0.154. The predicted molar refractivity (Wildman–Crippen MR) is 144 cm³/mol. The second-order valence-corrected chi connectivity index (χ2v) is 9.81. The van der Waals surface area contributed by atoms with Gasteiger partial charge in [0, 0.05) is 46.2 Å². The second-order valence-electron chi connectivity index (χ2n) is 8.64. The Morgan fingerprint density at radius 1 is 1.13 bits per heavy atom. The third-order valence-electron chi connectivity index (χ3n) is 6.43. The number of aryl methyl sites for hydroxylation is 1. The van der Waals surface area contributed by atoms with Crippen molar-refractivity contribution in [3.8, 4) is 11.1 Å². The summed E-state index contributed by atoms with van der Waals surface area (Å²) >= 11 is 1.98. The maximum Gasteiger partial charge on any atom is 0.264 e. The van der Waals surface area contributed by atoms with Crippen molar-refractivity contribution in [2.75, 3.05) is 18.6 Å². The van der Waals surface area contributed by atoms with Crippen molar-refractivity contribution in [2.45, 2.75) is 13.0 Å². The van der Waals surface area contributed by atoms with Crippen molar-refractivity contribution in [1.82, 2.24) is 14.0 Å². The van der Waals surface area contributed by atoms with Crippen LogP contribution in [0.1, 0.15) is 33.9 Å². The molecular formula is C26H20F4IN5O2. The molecule has 0 aliphatic rings. The molecule has 2 aromatic carbocycles. The SMILES string of the molecule is COCc1nc2c(N)c(-c3cccn4c(C(=O)c5cc(F)c(N)c(F)c5)cc(I)c34)c(C(F)F)cc2n1C. The molecule has 0 saturated carbocycles. The number of alkyl halides is 2. The number of nitrogens with zero attached hydrogens (tertiary/aromatic N) is 3. The van der Waals surface area contributed by atoms with Gasteiger partial charge in [-0.2, -0.15) is 0 Å². The Balaban J connectivity index is 1.77. The minimum absolute atomic E-state index is 0.0522. The number of imidazole rings is 1. The highest BCUT2D eigenvalue weighted by Gasteiger charge is 2.27. The number of rotatable bonds is 6. The molecule has 7 nitrogen and oxygen atoms in total. The van der Waals surface area contributed by atoms with Crippen molar-refractivity contribution >= 4 is 56.3 Å². The molecule has 12 heteroatoms. The van der Waals surface area contributed by atoms with Gasteiger partial charge >= 0.3 is 0 Å². The van der Waals surface area contributed by atoms with Gasteiger partial charge in [-0.1, -0.05) is 6.07 Å². The zero-order valence-corrected chi connectivity index (χ0v) is 22.2. The van der Waals surface area contributed by atoms with Crippen LogP contribution in [0.25, 0.3) is 27.7 Å². The van der Waals surface area contributed by atoms with E-state index in [-0.39, 0.29) is 34.7 Å². The summed E-state index contributed by atoms with van der Waals surface area (Å²) in [5.41, 5.74) is 12.3. The molecule has 0 fully saturated rings. The van der Waals surface area contributed by atoms with Crippen LogP contribution in [0.5, 0.6) is 0 Å². The van der Waals surface area contributed by atoms with E-state index in [1.165, 1.54) is 23.6 Å². The first kappa shape index (κ1) is 26.0. The average molecular weight is 637 g/mol. The average Bonchev–Trinajstić information content (AvgIpc) is 3.39. The van der Waals surface area contributed by atoms with E-state index >= 15 is 0 Å². The lowest BCUT2D eigenvalue weighted by Gasteiger charge is -2.16. The lowest BCUT2D eigenvalue weighted by Crippen LogP contribution is -2.08. The first-order valence-corrected chi connectivity index (χ1v) is 12.3. The maximum absolute atomic E-state index is 14.4. The number of nitrogen functional groups attached to an aromatic ring is 2. The predicted octanol–water partition coefficient (Wildman–Crippen LogP) is 5.86. The van der Waals surface area contributed by atoms with Crippen LogP contribution in [0.15, 0.2) is 42.6 Å². The summed E-state index contributed by atoms with van der Waals surface area (Å²) in [4.78, 5) is 17.8. The maximum atomic E-state index is 14.4. The molecule has 0 saturated heterocycles. The summed E-state index contributed by atoms with van der Waals surface area (Å²) in [6, 6.07) is 7.78. The molecule has 0 atom stereocenters. The highest BCUT2D eigenvalue weighted by Crippen LogP contribution is 2.43. The normalized spacial score (nSPS) is 11.8. The first-order chi connectivity index (χ1) is 18.0. The van der Waals surface area contributed by atoms with E-state index in [4.69, 9.17) is 16.2 Å². The molecule has 5 rings (SSSR count). The number of hydrogen-bond acceptors (Lipinski definition) is 5. The van der Waals surface area contributed by atoms with Crippen LogP contribution >= 0.6 is 22.6 Å². The Hall–Kier alpha value is -3.65. The van der Waals surface area contributed by atoms with Gasteiger partial charge in [-0.25, -0.2) is 22.5 Å². The van der Waals surface area contributed by atoms with E-state index in [1.807, 2.05) is 22.6 Å². The molecule has 3 aromatic heterocycles. The lowest BCUT2D eigenvalue weighted by molar-refractivity contribution is 0.103. The molecule has 5 aromatic rings. The standard InChI is InChI=1S/C26H20F4IN5O2/c1-35-17-8-13(26(29)30)20(22(33)23(17)34-19(35)10-38-2)12-4-3-5-36-18(9-16(31)24(12)36)25(37)11-6-14(27)21(32)15(28)7-11/h3-9,26H,10,32-33H2,1-2H3. The van der Waals surface area contributed by atoms with Gasteiger partial charge in [0.05, 0.1) is 22.4 Å². The van der Waals surface area contributed by atoms with E-state index in [0.717, 1.165) is 12.1 Å². The Bertz CT molecular complexity index is 1740. The van der Waals surface area contributed by atoms with E-state index in [2.05, 4.69) is 4.98 Å². The number of carbonyl (C=O) groups excluding carboxylic acids is 1. The zero-order chi connectivity index (χ0) is 27.5. The number of pyridine rings is 1. The highest BCUT2D eigenvalue weighted by molar-refractivity contribution is 14.1. The third kappa shape index (κ3) is 3.98. The molecule has 0 bridgehead atoms. The van der Waals surface area contributed by atoms with Crippen LogP contribution in [0, 0.1) is 15.2 Å². The van der Waals surface area contributed by atoms with E-state index in [1.54, 1.807) is 29.9 Å².